The highest BCUT2D eigenvalue weighted by Crippen LogP contribution is 2.31. The number of carbonyl (C=O) groups is 1. The predicted octanol–water partition coefficient (Wildman–Crippen LogP) is 2.99. The molecule has 0 spiro atoms. The molecular weight excluding hydrogens is 589 g/mol. The van der Waals surface area contributed by atoms with Gasteiger partial charge in [0.1, 0.15) is 17.5 Å². The number of likely N-dealkylation sites (tertiary alicyclic amines) is 1. The zero-order valence-electron chi connectivity index (χ0n) is 25.0. The fourth-order valence-corrected chi connectivity index (χ4v) is 5.62. The number of nitrogens with zero attached hydrogens (tertiary/aromatic N) is 7. The minimum Gasteiger partial charge on any atom is -0.377 e. The van der Waals surface area contributed by atoms with Gasteiger partial charge in [0.05, 0.1) is 40.5 Å². The van der Waals surface area contributed by atoms with E-state index >= 15 is 0 Å². The summed E-state index contributed by atoms with van der Waals surface area (Å²) in [5.74, 6) is -0.670. The largest absolute Gasteiger partial charge is 0.416 e. The van der Waals surface area contributed by atoms with Crippen LogP contribution in [0.2, 0.25) is 0 Å². The fraction of sp³-hybridized carbons (Fsp3) is 0.355. The molecule has 2 N–H and O–H groups in total. The second-order valence-electron chi connectivity index (χ2n) is 11.2. The van der Waals surface area contributed by atoms with Gasteiger partial charge in [0.15, 0.2) is 0 Å². The van der Waals surface area contributed by atoms with Crippen molar-refractivity contribution in [1.29, 1.82) is 5.26 Å². The van der Waals surface area contributed by atoms with E-state index in [1.165, 1.54) is 34.7 Å². The van der Waals surface area contributed by atoms with Crippen LogP contribution in [0.5, 0.6) is 0 Å². The van der Waals surface area contributed by atoms with E-state index in [1.54, 1.807) is 30.3 Å². The average Bonchev–Trinajstić information content (AvgIpc) is 3.58. The molecule has 3 heterocycles. The molecule has 1 aliphatic rings. The van der Waals surface area contributed by atoms with E-state index < -0.39 is 29.4 Å². The average molecular weight is 623 g/mol. The third-order valence-corrected chi connectivity index (χ3v) is 7.85. The maximum absolute atomic E-state index is 14.0. The minimum absolute atomic E-state index is 0.0646. The minimum atomic E-state index is -4.64. The molecule has 2 aromatic carbocycles. The van der Waals surface area contributed by atoms with Crippen LogP contribution in [0.25, 0.3) is 22.8 Å². The molecule has 2 aromatic heterocycles. The molecule has 5 rings (SSSR count). The van der Waals surface area contributed by atoms with E-state index in [-0.39, 0.29) is 23.0 Å². The van der Waals surface area contributed by atoms with E-state index in [0.29, 0.717) is 49.4 Å². The van der Waals surface area contributed by atoms with Gasteiger partial charge in [-0.3, -0.25) is 19.2 Å². The molecule has 45 heavy (non-hydrogen) atoms. The molecule has 1 saturated heterocycles. The Balaban J connectivity index is 1.56. The molecule has 0 aliphatic carbocycles. The number of carbonyl (C=O) groups excluding carboxylic acids is 1. The third-order valence-electron chi connectivity index (χ3n) is 7.85. The number of amides is 1. The van der Waals surface area contributed by atoms with Gasteiger partial charge in [-0.25, -0.2) is 9.36 Å². The van der Waals surface area contributed by atoms with Crippen molar-refractivity contribution < 1.29 is 23.1 Å². The molecule has 0 radical (unpaired) electrons. The van der Waals surface area contributed by atoms with Crippen LogP contribution in [0, 0.1) is 11.3 Å². The van der Waals surface area contributed by atoms with Gasteiger partial charge in [0.2, 0.25) is 0 Å². The second kappa shape index (κ2) is 12.7. The molecular formula is C31H33F3N8O3. The number of benzene rings is 2. The van der Waals surface area contributed by atoms with Crippen LogP contribution in [0.4, 0.5) is 13.2 Å². The molecule has 11 nitrogen and oxygen atoms in total. The van der Waals surface area contributed by atoms with Crippen LogP contribution in [0.1, 0.15) is 34.3 Å². The van der Waals surface area contributed by atoms with Crippen molar-refractivity contribution >= 4 is 5.91 Å². The Kier molecular flexibility index (Phi) is 8.96. The maximum atomic E-state index is 14.0. The van der Waals surface area contributed by atoms with Crippen molar-refractivity contribution in [3.63, 3.8) is 0 Å². The Morgan fingerprint density at radius 2 is 1.82 bits per heavy atom. The van der Waals surface area contributed by atoms with Crippen molar-refractivity contribution in [2.24, 2.45) is 7.05 Å². The van der Waals surface area contributed by atoms with Gasteiger partial charge in [-0.15, -0.1) is 0 Å². The van der Waals surface area contributed by atoms with Crippen molar-refractivity contribution in [3.05, 3.63) is 87.8 Å². The van der Waals surface area contributed by atoms with Crippen LogP contribution in [0.15, 0.2) is 65.6 Å². The predicted molar refractivity (Wildman–Crippen MR) is 160 cm³/mol. The van der Waals surface area contributed by atoms with E-state index in [4.69, 9.17) is 0 Å². The molecule has 236 valence electrons. The number of halogens is 3. The topological polar surface area (TPSA) is 124 Å². The first-order chi connectivity index (χ1) is 21.4. The number of nitrogens with one attached hydrogen (secondary N) is 1. The lowest BCUT2D eigenvalue weighted by atomic mass is 10.0. The van der Waals surface area contributed by atoms with Crippen LogP contribution >= 0.6 is 0 Å². The molecule has 1 atom stereocenters. The Bertz CT molecular complexity index is 1770. The number of aliphatic hydroxyl groups excluding tert-OH is 1. The van der Waals surface area contributed by atoms with Gasteiger partial charge in [-0.1, -0.05) is 6.07 Å². The quantitative estimate of drug-likeness (QED) is 0.310. The summed E-state index contributed by atoms with van der Waals surface area (Å²) in [6, 6.07) is 14.2. The summed E-state index contributed by atoms with van der Waals surface area (Å²) in [5.41, 5.74) is -0.584. The number of hydrogen-bond donors (Lipinski definition) is 2. The Hall–Kier alpha value is -4.71. The van der Waals surface area contributed by atoms with Crippen LogP contribution in [-0.2, 0) is 13.2 Å². The van der Waals surface area contributed by atoms with Gasteiger partial charge < -0.3 is 15.3 Å². The Morgan fingerprint density at radius 1 is 1.13 bits per heavy atom. The second-order valence-corrected chi connectivity index (χ2v) is 11.2. The highest BCUT2D eigenvalue weighted by molar-refractivity contribution is 6.00. The maximum Gasteiger partial charge on any atom is 0.416 e. The zero-order valence-corrected chi connectivity index (χ0v) is 25.0. The summed E-state index contributed by atoms with van der Waals surface area (Å²) < 4.78 is 44.7. The van der Waals surface area contributed by atoms with Crippen molar-refractivity contribution in [2.75, 3.05) is 33.7 Å². The number of likely N-dealkylation sites (N-methyl/N-ethyl adjacent to an activating group) is 1. The SMILES string of the molecule is CN(C)CC(O)N1CCC(NC(=O)c2c(-c3ccnn3-c3ccc(C#N)cc3)n(C)n(-c3cccc(C(F)(F)F)c3)c2=O)CC1. The lowest BCUT2D eigenvalue weighted by Crippen LogP contribution is -2.50. The van der Waals surface area contributed by atoms with E-state index in [2.05, 4.69) is 10.4 Å². The normalized spacial score (nSPS) is 15.3. The Morgan fingerprint density at radius 3 is 2.44 bits per heavy atom. The lowest BCUT2D eigenvalue weighted by Gasteiger charge is -2.36. The molecule has 1 fully saturated rings. The summed E-state index contributed by atoms with van der Waals surface area (Å²) in [7, 11) is 5.23. The molecule has 1 aliphatic heterocycles. The van der Waals surface area contributed by atoms with E-state index in [1.807, 2.05) is 30.0 Å². The summed E-state index contributed by atoms with van der Waals surface area (Å²) in [4.78, 5) is 31.7. The van der Waals surface area contributed by atoms with Gasteiger partial charge in [0, 0.05) is 32.7 Å². The summed E-state index contributed by atoms with van der Waals surface area (Å²) in [6.45, 7) is 1.52. The smallest absolute Gasteiger partial charge is 0.377 e. The Labute approximate surface area is 257 Å². The van der Waals surface area contributed by atoms with Crippen LogP contribution in [0.3, 0.4) is 0 Å². The molecule has 14 heteroatoms. The molecule has 4 aromatic rings. The van der Waals surface area contributed by atoms with Crippen LogP contribution in [-0.4, -0.2) is 86.0 Å². The number of nitriles is 1. The molecule has 0 saturated carbocycles. The first-order valence-electron chi connectivity index (χ1n) is 14.3. The number of hydrogen-bond acceptors (Lipinski definition) is 7. The van der Waals surface area contributed by atoms with Gasteiger partial charge in [-0.05, 0) is 75.5 Å². The number of aromatic nitrogens is 4. The molecule has 1 amide bonds. The highest BCUT2D eigenvalue weighted by atomic mass is 19.4. The van der Waals surface area contributed by atoms with Crippen molar-refractivity contribution in [3.8, 4) is 28.8 Å². The van der Waals surface area contributed by atoms with Gasteiger partial charge in [-0.2, -0.15) is 23.5 Å². The summed E-state index contributed by atoms with van der Waals surface area (Å²) in [5, 5.41) is 27.0. The first kappa shape index (κ1) is 31.7. The monoisotopic (exact) mass is 622 g/mol. The summed E-state index contributed by atoms with van der Waals surface area (Å²) >= 11 is 0. The number of piperidine rings is 1. The van der Waals surface area contributed by atoms with Gasteiger partial charge >= 0.3 is 6.18 Å². The van der Waals surface area contributed by atoms with Crippen molar-refractivity contribution in [2.45, 2.75) is 31.3 Å². The van der Waals surface area contributed by atoms with Gasteiger partial charge in [0.25, 0.3) is 11.5 Å². The first-order valence-corrected chi connectivity index (χ1v) is 14.3. The molecule has 0 bridgehead atoms. The van der Waals surface area contributed by atoms with Crippen LogP contribution < -0.4 is 10.9 Å². The number of rotatable bonds is 8. The number of alkyl halides is 3. The summed E-state index contributed by atoms with van der Waals surface area (Å²) in [6.07, 6.45) is -2.75. The third kappa shape index (κ3) is 6.56. The lowest BCUT2D eigenvalue weighted by molar-refractivity contribution is -0.137. The fourth-order valence-electron chi connectivity index (χ4n) is 5.62. The van der Waals surface area contributed by atoms with E-state index in [9.17, 15) is 33.1 Å². The highest BCUT2D eigenvalue weighted by Gasteiger charge is 2.33. The number of aliphatic hydroxyl groups is 1. The standard InChI is InChI=1S/C31H33F3N8O3/c1-38(2)19-26(43)40-15-12-22(13-16-40)37-29(44)27-28(25-11-14-36-41(25)23-9-7-20(18-35)8-10-23)39(3)42(30(27)45)24-6-4-5-21(17-24)31(32,33)34/h4-11,14,17,22,26,43H,12-13,15-16,19H2,1-3H3,(H,37,44). The van der Waals surface area contributed by atoms with E-state index in [0.717, 1.165) is 16.8 Å². The van der Waals surface area contributed by atoms with Crippen molar-refractivity contribution in [1.82, 2.24) is 34.3 Å². The zero-order chi connectivity index (χ0) is 32.5. The molecule has 1 unspecified atom stereocenters.